The Morgan fingerprint density at radius 3 is 1.46 bits per heavy atom. The molecule has 0 saturated heterocycles. The largest absolute Gasteiger partial charge is 0.507 e. The lowest BCUT2D eigenvalue weighted by molar-refractivity contribution is 0.384. The molecule has 3 N–H and O–H groups in total. The van der Waals surface area contributed by atoms with Crippen LogP contribution < -0.4 is 5.73 Å². The lowest BCUT2D eigenvalue weighted by atomic mass is 9.73. The molecule has 1 aromatic carbocycles. The fourth-order valence-electron chi connectivity index (χ4n) is 3.12. The summed E-state index contributed by atoms with van der Waals surface area (Å²) in [6, 6.07) is 4.39. The van der Waals surface area contributed by atoms with Crippen molar-refractivity contribution in [2.45, 2.75) is 104 Å². The Morgan fingerprint density at radius 1 is 0.792 bits per heavy atom. The molecule has 0 saturated carbocycles. The Balaban J connectivity index is 3.57. The van der Waals surface area contributed by atoms with Crippen molar-refractivity contribution in [2.75, 3.05) is 0 Å². The van der Waals surface area contributed by atoms with E-state index in [1.54, 1.807) is 0 Å². The lowest BCUT2D eigenvalue weighted by Gasteiger charge is -2.33. The molecule has 0 fully saturated rings. The van der Waals surface area contributed by atoms with Crippen LogP contribution in [-0.2, 0) is 17.3 Å². The topological polar surface area (TPSA) is 46.2 Å². The van der Waals surface area contributed by atoms with Crippen molar-refractivity contribution in [2.24, 2.45) is 5.73 Å². The van der Waals surface area contributed by atoms with Crippen molar-refractivity contribution in [1.82, 2.24) is 0 Å². The van der Waals surface area contributed by atoms with Gasteiger partial charge in [0.25, 0.3) is 0 Å². The van der Waals surface area contributed by atoms with Crippen molar-refractivity contribution in [1.29, 1.82) is 0 Å². The Morgan fingerprint density at radius 2 is 1.17 bits per heavy atom. The van der Waals surface area contributed by atoms with E-state index in [2.05, 4.69) is 67.5 Å². The van der Waals surface area contributed by atoms with Crippen LogP contribution >= 0.6 is 0 Å². The average molecular weight is 334 g/mol. The summed E-state index contributed by atoms with van der Waals surface area (Å²) in [6.45, 7) is 17.5. The molecule has 0 radical (unpaired) electrons. The van der Waals surface area contributed by atoms with Gasteiger partial charge in [-0.3, -0.25) is 0 Å². The van der Waals surface area contributed by atoms with Gasteiger partial charge in [-0.2, -0.15) is 0 Å². The third kappa shape index (κ3) is 4.33. The molecule has 0 heterocycles. The fraction of sp³-hybridized carbons (Fsp3) is 0.727. The van der Waals surface area contributed by atoms with Gasteiger partial charge in [-0.05, 0) is 48.5 Å². The summed E-state index contributed by atoms with van der Waals surface area (Å²) in [7, 11) is 0. The van der Waals surface area contributed by atoms with Crippen LogP contribution in [0.1, 0.15) is 97.8 Å². The van der Waals surface area contributed by atoms with Crippen LogP contribution in [0.25, 0.3) is 0 Å². The predicted molar refractivity (Wildman–Crippen MR) is 106 cm³/mol. The van der Waals surface area contributed by atoms with Crippen LogP contribution in [0, 0.1) is 0 Å². The maximum absolute atomic E-state index is 11.0. The minimum Gasteiger partial charge on any atom is -0.507 e. The number of phenols is 1. The molecule has 0 atom stereocenters. The van der Waals surface area contributed by atoms with Crippen LogP contribution in [0.2, 0.25) is 0 Å². The first-order valence-corrected chi connectivity index (χ1v) is 9.62. The smallest absolute Gasteiger partial charge is 0.123 e. The molecule has 0 unspecified atom stereocenters. The third-order valence-corrected chi connectivity index (χ3v) is 6.36. The van der Waals surface area contributed by atoms with Crippen LogP contribution in [-0.4, -0.2) is 10.6 Å². The van der Waals surface area contributed by atoms with Crippen LogP contribution in [0.3, 0.4) is 0 Å². The zero-order chi connectivity index (χ0) is 18.8. The molecule has 0 amide bonds. The minimum atomic E-state index is -0.168. The fourth-order valence-corrected chi connectivity index (χ4v) is 3.12. The molecule has 0 bridgehead atoms. The van der Waals surface area contributed by atoms with Gasteiger partial charge in [-0.15, -0.1) is 0 Å². The molecule has 138 valence electrons. The summed E-state index contributed by atoms with van der Waals surface area (Å²) in [4.78, 5) is 0. The lowest BCUT2D eigenvalue weighted by Crippen LogP contribution is -2.40. The summed E-state index contributed by atoms with van der Waals surface area (Å²) in [6.07, 6.45) is 4.77. The van der Waals surface area contributed by atoms with Gasteiger partial charge in [-0.1, -0.05) is 67.5 Å². The first kappa shape index (κ1) is 21.0. The zero-order valence-corrected chi connectivity index (χ0v) is 17.2. The van der Waals surface area contributed by atoms with Gasteiger partial charge in [0, 0.05) is 16.7 Å². The van der Waals surface area contributed by atoms with Gasteiger partial charge in [-0.25, -0.2) is 0 Å². The molecule has 1 aromatic rings. The second-order valence-corrected chi connectivity index (χ2v) is 8.76. The van der Waals surface area contributed by atoms with Crippen LogP contribution in [0.5, 0.6) is 5.75 Å². The summed E-state index contributed by atoms with van der Waals surface area (Å²) in [5.74, 6) is 0.480. The summed E-state index contributed by atoms with van der Waals surface area (Å²) < 4.78 is 0. The molecule has 0 aromatic heterocycles. The first-order valence-electron chi connectivity index (χ1n) is 9.62. The third-order valence-electron chi connectivity index (χ3n) is 6.36. The number of phenolic OH excluding ortho intramolecular Hbond substituents is 1. The minimum absolute atomic E-state index is 0.0473. The van der Waals surface area contributed by atoms with Crippen molar-refractivity contribution < 1.29 is 5.11 Å². The number of nitrogens with two attached hydrogens (primary N) is 1. The van der Waals surface area contributed by atoms with Gasteiger partial charge < -0.3 is 10.8 Å². The van der Waals surface area contributed by atoms with Crippen molar-refractivity contribution in [3.63, 3.8) is 0 Å². The first-order chi connectivity index (χ1) is 11.0. The second-order valence-electron chi connectivity index (χ2n) is 8.76. The maximum atomic E-state index is 11.0. The summed E-state index contributed by atoms with van der Waals surface area (Å²) >= 11 is 0. The molecule has 2 nitrogen and oxygen atoms in total. The molecular formula is C22H39NO. The molecule has 1 rings (SSSR count). The van der Waals surface area contributed by atoms with E-state index in [1.165, 1.54) is 5.56 Å². The van der Waals surface area contributed by atoms with E-state index in [0.717, 1.165) is 43.2 Å². The Kier molecular flexibility index (Phi) is 6.55. The van der Waals surface area contributed by atoms with Crippen molar-refractivity contribution in [3.05, 3.63) is 28.8 Å². The van der Waals surface area contributed by atoms with Gasteiger partial charge in [0.15, 0.2) is 0 Å². The van der Waals surface area contributed by atoms with Gasteiger partial charge >= 0.3 is 0 Å². The van der Waals surface area contributed by atoms with Crippen molar-refractivity contribution in [3.8, 4) is 5.75 Å². The van der Waals surface area contributed by atoms with E-state index in [0.29, 0.717) is 5.75 Å². The van der Waals surface area contributed by atoms with E-state index in [-0.39, 0.29) is 16.4 Å². The molecule has 24 heavy (non-hydrogen) atoms. The SMILES string of the molecule is CCC(N)(CC)Cc1cc(C(C)(C)CC)c(O)c(C(C)(C)CC)c1. The molecule has 0 aliphatic carbocycles. The molecule has 0 aliphatic rings. The normalized spacial score (nSPS) is 13.4. The van der Waals surface area contributed by atoms with E-state index >= 15 is 0 Å². The summed E-state index contributed by atoms with van der Waals surface area (Å²) in [5, 5.41) is 11.0. The molecular weight excluding hydrogens is 294 g/mol. The van der Waals surface area contributed by atoms with E-state index < -0.39 is 0 Å². The van der Waals surface area contributed by atoms with Gasteiger partial charge in [0.1, 0.15) is 5.75 Å². The number of aromatic hydroxyl groups is 1. The van der Waals surface area contributed by atoms with Gasteiger partial charge in [0.05, 0.1) is 0 Å². The highest BCUT2D eigenvalue weighted by molar-refractivity contribution is 5.50. The standard InChI is InChI=1S/C22H39NO/c1-9-20(5,6)17-13-16(15-22(23,11-3)12-4)14-18(19(17)24)21(7,8)10-2/h13-14,24H,9-12,15,23H2,1-8H3. The zero-order valence-electron chi connectivity index (χ0n) is 17.2. The highest BCUT2D eigenvalue weighted by Gasteiger charge is 2.31. The second kappa shape index (κ2) is 7.47. The average Bonchev–Trinajstić information content (AvgIpc) is 2.55. The number of benzene rings is 1. The number of rotatable bonds is 8. The predicted octanol–water partition coefficient (Wildman–Crippen LogP) is 5.83. The number of hydrogen-bond acceptors (Lipinski definition) is 2. The van der Waals surface area contributed by atoms with E-state index in [1.807, 2.05) is 0 Å². The van der Waals surface area contributed by atoms with Crippen LogP contribution in [0.4, 0.5) is 0 Å². The maximum Gasteiger partial charge on any atom is 0.123 e. The Bertz CT molecular complexity index is 516. The Labute approximate surface area is 149 Å². The monoisotopic (exact) mass is 333 g/mol. The van der Waals surface area contributed by atoms with Gasteiger partial charge in [0.2, 0.25) is 0 Å². The number of hydrogen-bond donors (Lipinski definition) is 2. The van der Waals surface area contributed by atoms with Crippen LogP contribution in [0.15, 0.2) is 12.1 Å². The van der Waals surface area contributed by atoms with Crippen molar-refractivity contribution >= 4 is 0 Å². The molecule has 0 spiro atoms. The quantitative estimate of drug-likeness (QED) is 0.629. The van der Waals surface area contributed by atoms with E-state index in [9.17, 15) is 5.11 Å². The van der Waals surface area contributed by atoms with E-state index in [4.69, 9.17) is 5.73 Å². The molecule has 2 heteroatoms. The molecule has 0 aliphatic heterocycles. The highest BCUT2D eigenvalue weighted by atomic mass is 16.3. The Hall–Kier alpha value is -1.02. The summed E-state index contributed by atoms with van der Waals surface area (Å²) in [5.41, 5.74) is 9.71. The highest BCUT2D eigenvalue weighted by Crippen LogP contribution is 2.43.